The number of benzene rings is 5. The second kappa shape index (κ2) is 9.00. The number of hydrogen-bond acceptors (Lipinski definition) is 1. The number of nitrogens with zero attached hydrogens (tertiary/aromatic N) is 1. The Morgan fingerprint density at radius 1 is 0.343 bits per heavy atom. The van der Waals surface area contributed by atoms with E-state index in [4.69, 9.17) is 0 Å². The maximum atomic E-state index is 13.2. The van der Waals surface area contributed by atoms with Gasteiger partial charge in [-0.25, -0.2) is 4.39 Å². The fourth-order valence-corrected chi connectivity index (χ4v) is 4.50. The molecule has 0 radical (unpaired) electrons. The van der Waals surface area contributed by atoms with Gasteiger partial charge in [0.05, 0.1) is 0 Å². The van der Waals surface area contributed by atoms with E-state index in [0.717, 1.165) is 16.7 Å². The van der Waals surface area contributed by atoms with E-state index >= 15 is 0 Å². The van der Waals surface area contributed by atoms with Crippen molar-refractivity contribution in [1.29, 1.82) is 0 Å². The molecule has 0 aliphatic carbocycles. The van der Waals surface area contributed by atoms with E-state index in [-0.39, 0.29) is 5.82 Å². The lowest BCUT2D eigenvalue weighted by Gasteiger charge is -2.09. The molecule has 6 aromatic rings. The lowest BCUT2D eigenvalue weighted by atomic mass is 9.96. The number of pyridine rings is 1. The molecule has 0 atom stereocenters. The van der Waals surface area contributed by atoms with Crippen LogP contribution >= 0.6 is 0 Å². The predicted molar refractivity (Wildman–Crippen MR) is 143 cm³/mol. The summed E-state index contributed by atoms with van der Waals surface area (Å²) in [5, 5.41) is 2.43. The number of hydrogen-bond donors (Lipinski definition) is 0. The topological polar surface area (TPSA) is 12.9 Å². The highest BCUT2D eigenvalue weighted by molar-refractivity contribution is 5.91. The Morgan fingerprint density at radius 2 is 0.657 bits per heavy atom. The Bertz CT molecular complexity index is 1600. The molecule has 0 bridgehead atoms. The summed E-state index contributed by atoms with van der Waals surface area (Å²) in [5.74, 6) is -0.216. The smallest absolute Gasteiger partial charge is 0.123 e. The average Bonchev–Trinajstić information content (AvgIpc) is 2.94. The Hall–Kier alpha value is -4.56. The van der Waals surface area contributed by atoms with Crippen molar-refractivity contribution in [2.24, 2.45) is 0 Å². The van der Waals surface area contributed by atoms with Crippen LogP contribution in [-0.2, 0) is 0 Å². The molecule has 0 saturated carbocycles. The first-order valence-corrected chi connectivity index (χ1v) is 11.6. The summed E-state index contributed by atoms with van der Waals surface area (Å²) < 4.78 is 13.2. The van der Waals surface area contributed by atoms with E-state index in [1.54, 1.807) is 0 Å². The normalized spacial score (nSPS) is 11.0. The van der Waals surface area contributed by atoms with Crippen molar-refractivity contribution < 1.29 is 4.39 Å². The van der Waals surface area contributed by atoms with Crippen LogP contribution in [-0.4, -0.2) is 4.98 Å². The minimum atomic E-state index is -0.216. The van der Waals surface area contributed by atoms with Gasteiger partial charge in [-0.15, -0.1) is 0 Å². The van der Waals surface area contributed by atoms with Gasteiger partial charge >= 0.3 is 0 Å². The fraction of sp³-hybridized carbons (Fsp3) is 0. The van der Waals surface area contributed by atoms with Crippen molar-refractivity contribution in [3.05, 3.63) is 140 Å². The lowest BCUT2D eigenvalue weighted by molar-refractivity contribution is 0.628. The van der Waals surface area contributed by atoms with Crippen LogP contribution in [0.3, 0.4) is 0 Å². The monoisotopic (exact) mass is 451 g/mol. The maximum absolute atomic E-state index is 13.2. The second-order valence-corrected chi connectivity index (χ2v) is 8.67. The van der Waals surface area contributed by atoms with Crippen molar-refractivity contribution in [2.45, 2.75) is 0 Å². The summed E-state index contributed by atoms with van der Waals surface area (Å²) in [6.45, 7) is 0. The van der Waals surface area contributed by atoms with E-state index in [1.807, 2.05) is 36.7 Å². The van der Waals surface area contributed by atoms with Crippen LogP contribution in [0.5, 0.6) is 0 Å². The third-order valence-electron chi connectivity index (χ3n) is 6.47. The van der Waals surface area contributed by atoms with Crippen LogP contribution in [0.15, 0.2) is 134 Å². The highest BCUT2D eigenvalue weighted by Crippen LogP contribution is 2.31. The van der Waals surface area contributed by atoms with Gasteiger partial charge in [0.2, 0.25) is 0 Å². The standard InChI is InChI=1S/C33H22FN/c34-33-15-13-25(14-16-33)23-1-5-26(6-2-23)29-9-11-32-22-30(10-12-31(32)21-29)27-7-3-24(4-8-27)28-17-19-35-20-18-28/h1-22H. The molecule has 0 unspecified atom stereocenters. The second-order valence-electron chi connectivity index (χ2n) is 8.67. The van der Waals surface area contributed by atoms with Gasteiger partial charge in [0.25, 0.3) is 0 Å². The molecule has 1 nitrogen and oxygen atoms in total. The fourth-order valence-electron chi connectivity index (χ4n) is 4.50. The third-order valence-corrected chi connectivity index (χ3v) is 6.47. The molecule has 0 aliphatic heterocycles. The highest BCUT2D eigenvalue weighted by Gasteiger charge is 2.05. The van der Waals surface area contributed by atoms with Gasteiger partial charge in [0.15, 0.2) is 0 Å². The molecule has 0 aliphatic rings. The van der Waals surface area contributed by atoms with Gasteiger partial charge in [-0.05, 0) is 91.7 Å². The van der Waals surface area contributed by atoms with E-state index in [0.29, 0.717) is 0 Å². The summed E-state index contributed by atoms with van der Waals surface area (Å²) in [6, 6.07) is 41.0. The Morgan fingerprint density at radius 3 is 1.09 bits per heavy atom. The molecule has 6 rings (SSSR count). The molecule has 0 saturated heterocycles. The zero-order valence-electron chi connectivity index (χ0n) is 19.0. The van der Waals surface area contributed by atoms with Crippen LogP contribution in [0.2, 0.25) is 0 Å². The van der Waals surface area contributed by atoms with Crippen molar-refractivity contribution in [3.63, 3.8) is 0 Å². The predicted octanol–water partition coefficient (Wildman–Crippen LogP) is 9.04. The molecule has 2 heteroatoms. The van der Waals surface area contributed by atoms with Crippen LogP contribution in [0.1, 0.15) is 0 Å². The molecule has 5 aromatic carbocycles. The SMILES string of the molecule is Fc1ccc(-c2ccc(-c3ccc4cc(-c5ccc(-c6ccncc6)cc5)ccc4c3)cc2)cc1. The molecule has 0 fully saturated rings. The minimum absolute atomic E-state index is 0.216. The van der Waals surface area contributed by atoms with E-state index in [9.17, 15) is 4.39 Å². The van der Waals surface area contributed by atoms with E-state index in [2.05, 4.69) is 89.9 Å². The molecule has 166 valence electrons. The molecule has 1 aromatic heterocycles. The highest BCUT2D eigenvalue weighted by atomic mass is 19.1. The van der Waals surface area contributed by atoms with Crippen molar-refractivity contribution >= 4 is 10.8 Å². The van der Waals surface area contributed by atoms with Crippen molar-refractivity contribution in [1.82, 2.24) is 4.98 Å². The van der Waals surface area contributed by atoms with Gasteiger partial charge in [-0.2, -0.15) is 0 Å². The number of rotatable bonds is 4. The first kappa shape index (κ1) is 21.0. The van der Waals surface area contributed by atoms with E-state index in [1.165, 1.54) is 50.7 Å². The molecule has 0 N–H and O–H groups in total. The average molecular weight is 452 g/mol. The zero-order chi connectivity index (χ0) is 23.6. The Balaban J connectivity index is 1.26. The third kappa shape index (κ3) is 4.34. The van der Waals surface area contributed by atoms with Gasteiger partial charge in [-0.3, -0.25) is 4.98 Å². The summed E-state index contributed by atoms with van der Waals surface area (Å²) in [6.07, 6.45) is 3.64. The Kier molecular flexibility index (Phi) is 5.40. The number of halogens is 1. The van der Waals surface area contributed by atoms with Crippen molar-refractivity contribution in [3.8, 4) is 44.5 Å². The quantitative estimate of drug-likeness (QED) is 0.260. The minimum Gasteiger partial charge on any atom is -0.265 e. The molecular weight excluding hydrogens is 429 g/mol. The summed E-state index contributed by atoms with van der Waals surface area (Å²) in [5.41, 5.74) is 9.19. The first-order chi connectivity index (χ1) is 17.2. The molecular formula is C33H22FN. The van der Waals surface area contributed by atoms with Gasteiger partial charge in [0.1, 0.15) is 5.82 Å². The lowest BCUT2D eigenvalue weighted by Crippen LogP contribution is -1.84. The maximum Gasteiger partial charge on any atom is 0.123 e. The van der Waals surface area contributed by atoms with Crippen LogP contribution in [0.25, 0.3) is 55.3 Å². The summed E-state index contributed by atoms with van der Waals surface area (Å²) >= 11 is 0. The van der Waals surface area contributed by atoms with Crippen molar-refractivity contribution in [2.75, 3.05) is 0 Å². The largest absolute Gasteiger partial charge is 0.265 e. The van der Waals surface area contributed by atoms with Gasteiger partial charge in [-0.1, -0.05) is 84.9 Å². The zero-order valence-corrected chi connectivity index (χ0v) is 19.0. The summed E-state index contributed by atoms with van der Waals surface area (Å²) in [7, 11) is 0. The van der Waals surface area contributed by atoms with Crippen LogP contribution in [0, 0.1) is 5.82 Å². The van der Waals surface area contributed by atoms with Crippen LogP contribution in [0.4, 0.5) is 4.39 Å². The number of fused-ring (bicyclic) bond motifs is 1. The Labute approximate surface area is 204 Å². The van der Waals surface area contributed by atoms with Gasteiger partial charge < -0.3 is 0 Å². The van der Waals surface area contributed by atoms with Crippen LogP contribution < -0.4 is 0 Å². The summed E-state index contributed by atoms with van der Waals surface area (Å²) in [4.78, 5) is 4.10. The number of aromatic nitrogens is 1. The molecule has 35 heavy (non-hydrogen) atoms. The first-order valence-electron chi connectivity index (χ1n) is 11.6. The molecule has 1 heterocycles. The molecule has 0 amide bonds. The van der Waals surface area contributed by atoms with Gasteiger partial charge in [0, 0.05) is 12.4 Å². The van der Waals surface area contributed by atoms with E-state index < -0.39 is 0 Å². The molecule has 0 spiro atoms.